The van der Waals surface area contributed by atoms with Gasteiger partial charge < -0.3 is 10.2 Å². The van der Waals surface area contributed by atoms with Gasteiger partial charge in [0.25, 0.3) is 0 Å². The Kier molecular flexibility index (Phi) is 4.45. The van der Waals surface area contributed by atoms with E-state index in [2.05, 4.69) is 36.0 Å². The molecule has 0 aromatic rings. The maximum atomic E-state index is 3.73. The van der Waals surface area contributed by atoms with Gasteiger partial charge in [-0.1, -0.05) is 6.92 Å². The molecule has 0 saturated carbocycles. The summed E-state index contributed by atoms with van der Waals surface area (Å²) in [5.74, 6) is 0. The molecule has 3 nitrogen and oxygen atoms in total. The van der Waals surface area contributed by atoms with E-state index in [1.807, 2.05) is 0 Å². The monoisotopic (exact) mass is 239 g/mol. The van der Waals surface area contributed by atoms with Crippen molar-refractivity contribution in [1.82, 2.24) is 15.1 Å². The van der Waals surface area contributed by atoms with E-state index in [0.717, 1.165) is 6.04 Å². The van der Waals surface area contributed by atoms with Crippen molar-refractivity contribution >= 4 is 0 Å². The average Bonchev–Trinajstić information content (AvgIpc) is 2.53. The third-order valence-electron chi connectivity index (χ3n) is 4.71. The van der Waals surface area contributed by atoms with Gasteiger partial charge in [0.15, 0.2) is 0 Å². The van der Waals surface area contributed by atoms with Gasteiger partial charge in [0.2, 0.25) is 0 Å². The van der Waals surface area contributed by atoms with E-state index in [9.17, 15) is 0 Å². The first-order valence-corrected chi connectivity index (χ1v) is 7.30. The molecule has 0 aliphatic carbocycles. The number of hydrogen-bond donors (Lipinski definition) is 1. The minimum Gasteiger partial charge on any atom is -0.310 e. The van der Waals surface area contributed by atoms with E-state index < -0.39 is 0 Å². The highest BCUT2D eigenvalue weighted by Crippen LogP contribution is 2.22. The maximum Gasteiger partial charge on any atom is 0.0277 e. The van der Waals surface area contributed by atoms with Crippen molar-refractivity contribution in [3.8, 4) is 0 Å². The van der Waals surface area contributed by atoms with Crippen LogP contribution in [0.4, 0.5) is 0 Å². The van der Waals surface area contributed by atoms with Crippen LogP contribution in [0.5, 0.6) is 0 Å². The molecule has 2 rings (SSSR count). The molecule has 1 N–H and O–H groups in total. The van der Waals surface area contributed by atoms with Crippen molar-refractivity contribution < 1.29 is 0 Å². The predicted molar refractivity (Wildman–Crippen MR) is 73.4 cm³/mol. The summed E-state index contributed by atoms with van der Waals surface area (Å²) in [7, 11) is 2.25. The number of likely N-dealkylation sites (tertiary alicyclic amines) is 1. The van der Waals surface area contributed by atoms with E-state index in [1.54, 1.807) is 0 Å². The zero-order valence-corrected chi connectivity index (χ0v) is 11.8. The van der Waals surface area contributed by atoms with Crippen LogP contribution in [0.3, 0.4) is 0 Å². The summed E-state index contributed by atoms with van der Waals surface area (Å²) >= 11 is 0. The van der Waals surface area contributed by atoms with Crippen molar-refractivity contribution in [3.05, 3.63) is 0 Å². The lowest BCUT2D eigenvalue weighted by molar-refractivity contribution is 0.103. The Balaban J connectivity index is 1.94. The second kappa shape index (κ2) is 5.68. The number of nitrogens with one attached hydrogen (secondary N) is 1. The molecule has 3 heteroatoms. The summed E-state index contributed by atoms with van der Waals surface area (Å²) < 4.78 is 0. The highest BCUT2D eigenvalue weighted by Gasteiger charge is 2.31. The molecular formula is C14H29N3. The fraction of sp³-hybridized carbons (Fsp3) is 1.00. The number of hydrogen-bond acceptors (Lipinski definition) is 3. The maximum absolute atomic E-state index is 3.73. The van der Waals surface area contributed by atoms with E-state index >= 15 is 0 Å². The van der Waals surface area contributed by atoms with Gasteiger partial charge in [-0.15, -0.1) is 0 Å². The van der Waals surface area contributed by atoms with Gasteiger partial charge in [-0.25, -0.2) is 0 Å². The van der Waals surface area contributed by atoms with Gasteiger partial charge in [-0.2, -0.15) is 0 Å². The fourth-order valence-corrected chi connectivity index (χ4v) is 3.16. The molecule has 0 amide bonds. The molecule has 2 aliphatic heterocycles. The van der Waals surface area contributed by atoms with Crippen LogP contribution in [0.1, 0.15) is 39.5 Å². The highest BCUT2D eigenvalue weighted by molar-refractivity contribution is 4.91. The van der Waals surface area contributed by atoms with E-state index in [-0.39, 0.29) is 0 Å². The molecular weight excluding hydrogens is 210 g/mol. The van der Waals surface area contributed by atoms with Crippen LogP contribution >= 0.6 is 0 Å². The Bertz CT molecular complexity index is 236. The van der Waals surface area contributed by atoms with E-state index in [0.29, 0.717) is 5.54 Å². The molecule has 0 aromatic heterocycles. The van der Waals surface area contributed by atoms with E-state index in [1.165, 1.54) is 58.4 Å². The summed E-state index contributed by atoms with van der Waals surface area (Å²) in [6, 6.07) is 0.831. The second-order valence-corrected chi connectivity index (χ2v) is 6.20. The smallest absolute Gasteiger partial charge is 0.0277 e. The molecule has 2 aliphatic rings. The van der Waals surface area contributed by atoms with Crippen LogP contribution in [0.2, 0.25) is 0 Å². The third kappa shape index (κ3) is 3.43. The van der Waals surface area contributed by atoms with Gasteiger partial charge in [0.05, 0.1) is 0 Å². The van der Waals surface area contributed by atoms with E-state index in [4.69, 9.17) is 0 Å². The van der Waals surface area contributed by atoms with Gasteiger partial charge in [-0.05, 0) is 65.8 Å². The Hall–Kier alpha value is -0.120. The topological polar surface area (TPSA) is 18.5 Å². The van der Waals surface area contributed by atoms with Crippen LogP contribution in [-0.2, 0) is 0 Å². The van der Waals surface area contributed by atoms with Crippen LogP contribution in [-0.4, -0.2) is 61.2 Å². The quantitative estimate of drug-likeness (QED) is 0.789. The highest BCUT2D eigenvalue weighted by atomic mass is 15.2. The summed E-state index contributed by atoms with van der Waals surface area (Å²) in [5.41, 5.74) is 0.333. The van der Waals surface area contributed by atoms with Crippen LogP contribution in [0.15, 0.2) is 0 Å². The van der Waals surface area contributed by atoms with Gasteiger partial charge in [0, 0.05) is 18.1 Å². The standard InChI is InChI=1S/C14H29N3/c1-4-14(2)12-17(9-5-8-15-14)13-6-10-16(3)11-7-13/h13,15H,4-12H2,1-3H3. The lowest BCUT2D eigenvalue weighted by Crippen LogP contribution is -2.52. The van der Waals surface area contributed by atoms with Gasteiger partial charge >= 0.3 is 0 Å². The summed E-state index contributed by atoms with van der Waals surface area (Å²) in [4.78, 5) is 5.22. The van der Waals surface area contributed by atoms with Gasteiger partial charge in [0.1, 0.15) is 0 Å². The molecule has 0 bridgehead atoms. The zero-order chi connectivity index (χ0) is 12.3. The van der Waals surface area contributed by atoms with Crippen molar-refractivity contribution in [2.75, 3.05) is 39.8 Å². The largest absolute Gasteiger partial charge is 0.310 e. The second-order valence-electron chi connectivity index (χ2n) is 6.20. The van der Waals surface area contributed by atoms with Crippen molar-refractivity contribution in [3.63, 3.8) is 0 Å². The van der Waals surface area contributed by atoms with Crippen molar-refractivity contribution in [2.45, 2.75) is 51.1 Å². The first-order valence-electron chi connectivity index (χ1n) is 7.30. The van der Waals surface area contributed by atoms with Crippen LogP contribution < -0.4 is 5.32 Å². The molecule has 0 radical (unpaired) electrons. The molecule has 0 aromatic carbocycles. The first kappa shape index (κ1) is 13.3. The first-order chi connectivity index (χ1) is 8.13. The van der Waals surface area contributed by atoms with Crippen LogP contribution in [0, 0.1) is 0 Å². The fourth-order valence-electron chi connectivity index (χ4n) is 3.16. The van der Waals surface area contributed by atoms with Crippen LogP contribution in [0.25, 0.3) is 0 Å². The Labute approximate surface area is 107 Å². The van der Waals surface area contributed by atoms with Gasteiger partial charge in [-0.3, -0.25) is 4.90 Å². The number of rotatable bonds is 2. The lowest BCUT2D eigenvalue weighted by Gasteiger charge is -2.40. The van der Waals surface area contributed by atoms with Crippen molar-refractivity contribution in [2.24, 2.45) is 0 Å². The minimum atomic E-state index is 0.333. The molecule has 2 fully saturated rings. The predicted octanol–water partition coefficient (Wildman–Crippen LogP) is 1.54. The Morgan fingerprint density at radius 3 is 2.59 bits per heavy atom. The number of piperidine rings is 1. The Morgan fingerprint density at radius 2 is 1.94 bits per heavy atom. The average molecular weight is 239 g/mol. The van der Waals surface area contributed by atoms with Crippen molar-refractivity contribution in [1.29, 1.82) is 0 Å². The minimum absolute atomic E-state index is 0.333. The molecule has 0 spiro atoms. The molecule has 2 saturated heterocycles. The number of nitrogens with zero attached hydrogens (tertiary/aromatic N) is 2. The lowest BCUT2D eigenvalue weighted by atomic mass is 9.96. The summed E-state index contributed by atoms with van der Waals surface area (Å²) in [6.45, 7) is 11.0. The Morgan fingerprint density at radius 1 is 1.24 bits per heavy atom. The molecule has 2 heterocycles. The molecule has 17 heavy (non-hydrogen) atoms. The SMILES string of the molecule is CCC1(C)CN(C2CCN(C)CC2)CCCN1. The molecule has 1 atom stereocenters. The third-order valence-corrected chi connectivity index (χ3v) is 4.71. The molecule has 100 valence electrons. The normalized spacial score (nSPS) is 34.8. The zero-order valence-electron chi connectivity index (χ0n) is 11.8. The molecule has 1 unspecified atom stereocenters. The summed E-state index contributed by atoms with van der Waals surface area (Å²) in [5, 5.41) is 3.73. The summed E-state index contributed by atoms with van der Waals surface area (Å²) in [6.07, 6.45) is 5.25.